The van der Waals surface area contributed by atoms with Gasteiger partial charge in [0.25, 0.3) is 0 Å². The van der Waals surface area contributed by atoms with Gasteiger partial charge in [-0.2, -0.15) is 0 Å². The molecular formula is C31H36N2O2. The summed E-state index contributed by atoms with van der Waals surface area (Å²) in [5.41, 5.74) is 4.39. The molecule has 1 unspecified atom stereocenters. The first-order chi connectivity index (χ1) is 17.0. The van der Waals surface area contributed by atoms with E-state index in [0.29, 0.717) is 13.0 Å². The number of nitrogens with zero attached hydrogens (tertiary/aromatic N) is 1. The van der Waals surface area contributed by atoms with Crippen molar-refractivity contribution in [1.82, 2.24) is 10.2 Å². The molecule has 4 nitrogen and oxygen atoms in total. The molecule has 1 aliphatic carbocycles. The van der Waals surface area contributed by atoms with Gasteiger partial charge in [0, 0.05) is 24.9 Å². The van der Waals surface area contributed by atoms with Crippen LogP contribution in [0.15, 0.2) is 84.9 Å². The summed E-state index contributed by atoms with van der Waals surface area (Å²) in [7, 11) is 0. The Labute approximate surface area is 209 Å². The molecule has 3 aromatic carbocycles. The predicted octanol–water partition coefficient (Wildman–Crippen LogP) is 5.99. The van der Waals surface area contributed by atoms with E-state index < -0.39 is 6.04 Å². The smallest absolute Gasteiger partial charge is 0.242 e. The van der Waals surface area contributed by atoms with E-state index in [2.05, 4.69) is 42.6 Å². The van der Waals surface area contributed by atoms with Crippen molar-refractivity contribution in [1.29, 1.82) is 0 Å². The molecule has 1 fully saturated rings. The molecule has 1 N–H and O–H groups in total. The molecule has 35 heavy (non-hydrogen) atoms. The average molecular weight is 469 g/mol. The number of nitrogens with one attached hydrogen (secondary N) is 1. The molecule has 4 heteroatoms. The van der Waals surface area contributed by atoms with E-state index in [-0.39, 0.29) is 23.8 Å². The van der Waals surface area contributed by atoms with E-state index in [1.165, 1.54) is 0 Å². The molecule has 1 aliphatic rings. The SMILES string of the molecule is Cc1ccccc1CN(C(=O)CC(c1ccccc1)c1ccccc1)C(C)C(=O)NC1CCCC1. The molecule has 2 amide bonds. The van der Waals surface area contributed by atoms with Crippen LogP contribution in [0.2, 0.25) is 0 Å². The molecule has 182 valence electrons. The lowest BCUT2D eigenvalue weighted by Gasteiger charge is -2.31. The fourth-order valence-electron chi connectivity index (χ4n) is 5.04. The van der Waals surface area contributed by atoms with Gasteiger partial charge in [0.15, 0.2) is 0 Å². The van der Waals surface area contributed by atoms with Gasteiger partial charge in [-0.1, -0.05) is 97.8 Å². The number of benzene rings is 3. The number of rotatable bonds is 9. The Hall–Kier alpha value is -3.40. The minimum absolute atomic E-state index is 0.0139. The fraction of sp³-hybridized carbons (Fsp3) is 0.355. The molecule has 1 saturated carbocycles. The lowest BCUT2D eigenvalue weighted by atomic mass is 9.88. The van der Waals surface area contributed by atoms with Gasteiger partial charge in [-0.05, 0) is 48.9 Å². The van der Waals surface area contributed by atoms with Crippen LogP contribution in [0.4, 0.5) is 0 Å². The highest BCUT2D eigenvalue weighted by atomic mass is 16.2. The van der Waals surface area contributed by atoms with Gasteiger partial charge in [0.05, 0.1) is 0 Å². The maximum Gasteiger partial charge on any atom is 0.242 e. The predicted molar refractivity (Wildman–Crippen MR) is 141 cm³/mol. The highest BCUT2D eigenvalue weighted by molar-refractivity contribution is 5.88. The molecule has 0 heterocycles. The Morgan fingerprint density at radius 2 is 1.40 bits per heavy atom. The van der Waals surface area contributed by atoms with E-state index in [1.54, 1.807) is 4.90 Å². The first-order valence-electron chi connectivity index (χ1n) is 12.8. The van der Waals surface area contributed by atoms with E-state index in [0.717, 1.165) is 47.9 Å². The molecule has 0 radical (unpaired) electrons. The van der Waals surface area contributed by atoms with Crippen LogP contribution in [0.3, 0.4) is 0 Å². The largest absolute Gasteiger partial charge is 0.352 e. The van der Waals surface area contributed by atoms with Crippen molar-refractivity contribution >= 4 is 11.8 Å². The summed E-state index contributed by atoms with van der Waals surface area (Å²) in [6, 6.07) is 28.1. The number of aryl methyl sites for hydroxylation is 1. The molecule has 0 aromatic heterocycles. The van der Waals surface area contributed by atoms with Crippen molar-refractivity contribution in [3.63, 3.8) is 0 Å². The van der Waals surface area contributed by atoms with E-state index in [9.17, 15) is 9.59 Å². The highest BCUT2D eigenvalue weighted by Crippen LogP contribution is 2.29. The Balaban J connectivity index is 1.61. The zero-order valence-corrected chi connectivity index (χ0v) is 20.8. The first-order valence-corrected chi connectivity index (χ1v) is 12.8. The van der Waals surface area contributed by atoms with Crippen LogP contribution in [0.5, 0.6) is 0 Å². The summed E-state index contributed by atoms with van der Waals surface area (Å²) >= 11 is 0. The number of carbonyl (C=O) groups excluding carboxylic acids is 2. The Morgan fingerprint density at radius 1 is 0.857 bits per heavy atom. The average Bonchev–Trinajstić information content (AvgIpc) is 3.40. The van der Waals surface area contributed by atoms with Gasteiger partial charge >= 0.3 is 0 Å². The number of amides is 2. The number of hydrogen-bond acceptors (Lipinski definition) is 2. The number of carbonyl (C=O) groups is 2. The molecule has 0 saturated heterocycles. The van der Waals surface area contributed by atoms with Gasteiger partial charge in [-0.3, -0.25) is 9.59 Å². The summed E-state index contributed by atoms with van der Waals surface area (Å²) in [6.45, 7) is 4.33. The van der Waals surface area contributed by atoms with E-state index >= 15 is 0 Å². The monoisotopic (exact) mass is 468 g/mol. The molecule has 0 bridgehead atoms. The molecule has 0 aliphatic heterocycles. The standard InChI is InChI=1S/C31H36N2O2/c1-23-13-9-10-18-27(23)22-33(24(2)31(35)32-28-19-11-12-20-28)30(34)21-29(25-14-5-3-6-15-25)26-16-7-4-8-17-26/h3-10,13-18,24,28-29H,11-12,19-22H2,1-2H3,(H,32,35). The molecule has 1 atom stereocenters. The second kappa shape index (κ2) is 11.8. The van der Waals surface area contributed by atoms with Crippen molar-refractivity contribution in [2.24, 2.45) is 0 Å². The fourth-order valence-corrected chi connectivity index (χ4v) is 5.04. The maximum absolute atomic E-state index is 13.9. The first kappa shape index (κ1) is 24.7. The Morgan fingerprint density at radius 3 is 1.97 bits per heavy atom. The summed E-state index contributed by atoms with van der Waals surface area (Å²) in [5.74, 6) is -0.149. The maximum atomic E-state index is 13.9. The third-order valence-electron chi connectivity index (χ3n) is 7.25. The van der Waals surface area contributed by atoms with Crippen LogP contribution in [-0.4, -0.2) is 28.8 Å². The van der Waals surface area contributed by atoms with Crippen LogP contribution < -0.4 is 5.32 Å². The van der Waals surface area contributed by atoms with Crippen LogP contribution in [0.25, 0.3) is 0 Å². The number of hydrogen-bond donors (Lipinski definition) is 1. The Bertz CT molecular complexity index is 1070. The van der Waals surface area contributed by atoms with Gasteiger partial charge in [-0.15, -0.1) is 0 Å². The van der Waals surface area contributed by atoms with E-state index in [1.807, 2.05) is 61.5 Å². The van der Waals surface area contributed by atoms with Gasteiger partial charge in [0.2, 0.25) is 11.8 Å². The normalized spacial score (nSPS) is 14.6. The van der Waals surface area contributed by atoms with Crippen molar-refractivity contribution in [3.05, 3.63) is 107 Å². The molecule has 0 spiro atoms. The summed E-state index contributed by atoms with van der Waals surface area (Å²) in [4.78, 5) is 29.0. The third kappa shape index (κ3) is 6.39. The van der Waals surface area contributed by atoms with E-state index in [4.69, 9.17) is 0 Å². The lowest BCUT2D eigenvalue weighted by molar-refractivity contribution is -0.141. The molecular weight excluding hydrogens is 432 g/mol. The Kier molecular flexibility index (Phi) is 8.36. The van der Waals surface area contributed by atoms with Crippen LogP contribution in [0.1, 0.15) is 67.2 Å². The summed E-state index contributed by atoms with van der Waals surface area (Å²) in [5, 5.41) is 3.20. The minimum atomic E-state index is -0.546. The zero-order chi connectivity index (χ0) is 24.6. The van der Waals surface area contributed by atoms with Crippen LogP contribution >= 0.6 is 0 Å². The van der Waals surface area contributed by atoms with Gasteiger partial charge in [-0.25, -0.2) is 0 Å². The topological polar surface area (TPSA) is 49.4 Å². The summed E-state index contributed by atoms with van der Waals surface area (Å²) in [6.07, 6.45) is 4.66. The molecule has 3 aromatic rings. The van der Waals surface area contributed by atoms with Crippen molar-refractivity contribution in [3.8, 4) is 0 Å². The van der Waals surface area contributed by atoms with Crippen molar-refractivity contribution in [2.45, 2.75) is 70.5 Å². The second-order valence-corrected chi connectivity index (χ2v) is 9.69. The lowest BCUT2D eigenvalue weighted by Crippen LogP contribution is -2.50. The van der Waals surface area contributed by atoms with Crippen molar-refractivity contribution < 1.29 is 9.59 Å². The van der Waals surface area contributed by atoms with Gasteiger partial charge in [0.1, 0.15) is 6.04 Å². The second-order valence-electron chi connectivity index (χ2n) is 9.69. The molecule has 4 rings (SSSR count). The van der Waals surface area contributed by atoms with Crippen LogP contribution in [0, 0.1) is 6.92 Å². The quantitative estimate of drug-likeness (QED) is 0.419. The van der Waals surface area contributed by atoms with Crippen molar-refractivity contribution in [2.75, 3.05) is 0 Å². The van der Waals surface area contributed by atoms with Gasteiger partial charge < -0.3 is 10.2 Å². The highest BCUT2D eigenvalue weighted by Gasteiger charge is 2.30. The minimum Gasteiger partial charge on any atom is -0.352 e. The van der Waals surface area contributed by atoms with Crippen LogP contribution in [-0.2, 0) is 16.1 Å². The summed E-state index contributed by atoms with van der Waals surface area (Å²) < 4.78 is 0. The zero-order valence-electron chi connectivity index (χ0n) is 20.8. The third-order valence-corrected chi connectivity index (χ3v) is 7.25.